The van der Waals surface area contributed by atoms with Gasteiger partial charge in [0.1, 0.15) is 5.82 Å². The van der Waals surface area contributed by atoms with Crippen LogP contribution in [0, 0.1) is 0 Å². The minimum Gasteiger partial charge on any atom is -0.383 e. The second-order valence-corrected chi connectivity index (χ2v) is 4.50. The first-order valence-corrected chi connectivity index (χ1v) is 6.73. The normalized spacial score (nSPS) is 11.6. The Hall–Kier alpha value is -1.07. The molecule has 2 N–H and O–H groups in total. The summed E-state index contributed by atoms with van der Waals surface area (Å²) in [6, 6.07) is 2.45. The minimum absolute atomic E-state index is 0.584. The van der Waals surface area contributed by atoms with Crippen LogP contribution in [0.4, 0.5) is 5.82 Å². The predicted octanol–water partition coefficient (Wildman–Crippen LogP) is 1.60. The first-order valence-electron chi connectivity index (χ1n) is 6.73. The highest BCUT2D eigenvalue weighted by Crippen LogP contribution is 2.08. The molecule has 18 heavy (non-hydrogen) atoms. The number of rotatable bonds is 9. The van der Waals surface area contributed by atoms with Gasteiger partial charge in [-0.1, -0.05) is 13.8 Å². The molecule has 104 valence electrons. The van der Waals surface area contributed by atoms with Crippen LogP contribution in [0.3, 0.4) is 0 Å². The van der Waals surface area contributed by atoms with Crippen molar-refractivity contribution in [1.29, 1.82) is 0 Å². The van der Waals surface area contributed by atoms with Gasteiger partial charge in [0.25, 0.3) is 0 Å². The quantitative estimate of drug-likeness (QED) is 0.727. The number of nitrogens with two attached hydrogens (primary N) is 1. The fraction of sp³-hybridized carbons (Fsp3) is 0.769. The van der Waals surface area contributed by atoms with Crippen LogP contribution >= 0.6 is 0 Å². The third kappa shape index (κ3) is 4.66. The summed E-state index contributed by atoms with van der Waals surface area (Å²) in [7, 11) is 1.75. The van der Waals surface area contributed by atoms with E-state index in [4.69, 9.17) is 10.5 Å². The summed E-state index contributed by atoms with van der Waals surface area (Å²) in [6.45, 7) is 8.07. The van der Waals surface area contributed by atoms with Crippen molar-refractivity contribution in [2.24, 2.45) is 0 Å². The van der Waals surface area contributed by atoms with Gasteiger partial charge in [0.15, 0.2) is 0 Å². The van der Waals surface area contributed by atoms with Crippen molar-refractivity contribution in [3.05, 3.63) is 12.3 Å². The zero-order valence-corrected chi connectivity index (χ0v) is 11.8. The highest BCUT2D eigenvalue weighted by atomic mass is 16.5. The van der Waals surface area contributed by atoms with E-state index in [1.165, 1.54) is 12.8 Å². The molecule has 0 amide bonds. The number of methoxy groups -OCH3 is 1. The van der Waals surface area contributed by atoms with Gasteiger partial charge in [-0.15, -0.1) is 0 Å². The molecule has 1 rings (SSSR count). The van der Waals surface area contributed by atoms with Crippen LogP contribution < -0.4 is 5.73 Å². The Balaban J connectivity index is 2.49. The van der Waals surface area contributed by atoms with Gasteiger partial charge in [-0.25, -0.2) is 0 Å². The van der Waals surface area contributed by atoms with E-state index in [2.05, 4.69) is 23.8 Å². The number of nitrogen functional groups attached to an aromatic ring is 1. The van der Waals surface area contributed by atoms with E-state index in [-0.39, 0.29) is 0 Å². The summed E-state index contributed by atoms with van der Waals surface area (Å²) in [6.07, 6.45) is 4.26. The standard InChI is InChI=1S/C13H26N4O/c1-4-12(5-2)16(10-11-18-3)8-9-17-7-6-13(14)15-17/h6-7,12H,4-5,8-11H2,1-3H3,(H2,14,15). The van der Waals surface area contributed by atoms with Crippen molar-refractivity contribution in [1.82, 2.24) is 14.7 Å². The Morgan fingerprint density at radius 2 is 2.11 bits per heavy atom. The molecule has 0 radical (unpaired) electrons. The van der Waals surface area contributed by atoms with E-state index in [1.807, 2.05) is 16.9 Å². The minimum atomic E-state index is 0.584. The maximum atomic E-state index is 5.61. The van der Waals surface area contributed by atoms with Crippen molar-refractivity contribution in [3.63, 3.8) is 0 Å². The average Bonchev–Trinajstić information content (AvgIpc) is 2.79. The van der Waals surface area contributed by atoms with E-state index in [9.17, 15) is 0 Å². The maximum absolute atomic E-state index is 5.61. The Labute approximate surface area is 110 Å². The van der Waals surface area contributed by atoms with Gasteiger partial charge >= 0.3 is 0 Å². The zero-order valence-electron chi connectivity index (χ0n) is 11.8. The molecule has 0 aliphatic rings. The molecule has 0 unspecified atom stereocenters. The first kappa shape index (κ1) is 15.0. The first-order chi connectivity index (χ1) is 8.71. The maximum Gasteiger partial charge on any atom is 0.145 e. The molecule has 1 heterocycles. The van der Waals surface area contributed by atoms with Gasteiger partial charge in [0, 0.05) is 32.4 Å². The van der Waals surface area contributed by atoms with Gasteiger partial charge in [-0.3, -0.25) is 9.58 Å². The molecule has 1 aromatic rings. The predicted molar refractivity (Wildman–Crippen MR) is 74.5 cm³/mol. The number of nitrogens with zero attached hydrogens (tertiary/aromatic N) is 3. The van der Waals surface area contributed by atoms with Gasteiger partial charge < -0.3 is 10.5 Å². The van der Waals surface area contributed by atoms with E-state index in [1.54, 1.807) is 7.11 Å². The summed E-state index contributed by atoms with van der Waals surface area (Å²) in [4.78, 5) is 2.47. The van der Waals surface area contributed by atoms with Crippen molar-refractivity contribution in [2.75, 3.05) is 32.5 Å². The fourth-order valence-electron chi connectivity index (χ4n) is 2.22. The molecule has 0 saturated heterocycles. The number of hydrogen-bond donors (Lipinski definition) is 1. The molecule has 0 aromatic carbocycles. The molecule has 1 aromatic heterocycles. The fourth-order valence-corrected chi connectivity index (χ4v) is 2.22. The van der Waals surface area contributed by atoms with Gasteiger partial charge in [0.2, 0.25) is 0 Å². The summed E-state index contributed by atoms with van der Waals surface area (Å²) >= 11 is 0. The van der Waals surface area contributed by atoms with E-state index in [0.717, 1.165) is 26.2 Å². The second kappa shape index (κ2) is 8.11. The molecule has 5 nitrogen and oxygen atoms in total. The van der Waals surface area contributed by atoms with Crippen LogP contribution in [0.1, 0.15) is 26.7 Å². The SMILES string of the molecule is CCC(CC)N(CCOC)CCn1ccc(N)n1. The lowest BCUT2D eigenvalue weighted by Crippen LogP contribution is -2.39. The molecular formula is C13H26N4O. The number of anilines is 1. The highest BCUT2D eigenvalue weighted by molar-refractivity contribution is 5.23. The summed E-state index contributed by atoms with van der Waals surface area (Å²) in [5.74, 6) is 0.584. The van der Waals surface area contributed by atoms with Crippen LogP contribution in [-0.4, -0.2) is 47.5 Å². The smallest absolute Gasteiger partial charge is 0.145 e. The molecule has 0 saturated carbocycles. The van der Waals surface area contributed by atoms with E-state index in [0.29, 0.717) is 11.9 Å². The average molecular weight is 254 g/mol. The Morgan fingerprint density at radius 3 is 2.61 bits per heavy atom. The van der Waals surface area contributed by atoms with Crippen LogP contribution in [0.2, 0.25) is 0 Å². The van der Waals surface area contributed by atoms with E-state index < -0.39 is 0 Å². The van der Waals surface area contributed by atoms with Crippen molar-refractivity contribution < 1.29 is 4.74 Å². The molecular weight excluding hydrogens is 228 g/mol. The van der Waals surface area contributed by atoms with Crippen molar-refractivity contribution in [2.45, 2.75) is 39.3 Å². The van der Waals surface area contributed by atoms with Crippen LogP contribution in [0.5, 0.6) is 0 Å². The molecule has 0 bridgehead atoms. The molecule has 0 atom stereocenters. The lowest BCUT2D eigenvalue weighted by atomic mass is 10.1. The largest absolute Gasteiger partial charge is 0.383 e. The number of ether oxygens (including phenoxy) is 1. The Kier molecular flexibility index (Phi) is 6.75. The molecule has 0 aliphatic carbocycles. The van der Waals surface area contributed by atoms with E-state index >= 15 is 0 Å². The van der Waals surface area contributed by atoms with Crippen LogP contribution in [-0.2, 0) is 11.3 Å². The Morgan fingerprint density at radius 1 is 1.39 bits per heavy atom. The van der Waals surface area contributed by atoms with Crippen LogP contribution in [0.25, 0.3) is 0 Å². The van der Waals surface area contributed by atoms with Gasteiger partial charge in [0.05, 0.1) is 13.2 Å². The molecule has 5 heteroatoms. The van der Waals surface area contributed by atoms with Gasteiger partial charge in [-0.2, -0.15) is 5.10 Å². The van der Waals surface area contributed by atoms with Gasteiger partial charge in [-0.05, 0) is 18.9 Å². The topological polar surface area (TPSA) is 56.3 Å². The third-order valence-electron chi connectivity index (χ3n) is 3.32. The lowest BCUT2D eigenvalue weighted by molar-refractivity contribution is 0.111. The van der Waals surface area contributed by atoms with Crippen LogP contribution in [0.15, 0.2) is 12.3 Å². The molecule has 0 fully saturated rings. The molecule has 0 spiro atoms. The number of hydrogen-bond acceptors (Lipinski definition) is 4. The summed E-state index contributed by atoms with van der Waals surface area (Å²) in [5, 5.41) is 4.21. The lowest BCUT2D eigenvalue weighted by Gasteiger charge is -2.30. The summed E-state index contributed by atoms with van der Waals surface area (Å²) < 4.78 is 7.08. The monoisotopic (exact) mass is 254 g/mol. The number of aromatic nitrogens is 2. The molecule has 0 aliphatic heterocycles. The summed E-state index contributed by atoms with van der Waals surface area (Å²) in [5.41, 5.74) is 5.61. The zero-order chi connectivity index (χ0) is 13.4. The third-order valence-corrected chi connectivity index (χ3v) is 3.32. The Bertz CT molecular complexity index is 323. The highest BCUT2D eigenvalue weighted by Gasteiger charge is 2.14. The van der Waals surface area contributed by atoms with Crippen molar-refractivity contribution in [3.8, 4) is 0 Å². The second-order valence-electron chi connectivity index (χ2n) is 4.50. The van der Waals surface area contributed by atoms with Crippen molar-refractivity contribution >= 4 is 5.82 Å².